The molecule has 1 amide bonds. The number of nitrogens with one attached hydrogen (secondary N) is 1. The lowest BCUT2D eigenvalue weighted by Gasteiger charge is -2.32. The second-order valence-corrected chi connectivity index (χ2v) is 4.94. The van der Waals surface area contributed by atoms with Gasteiger partial charge in [-0.1, -0.05) is 13.8 Å². The van der Waals surface area contributed by atoms with Gasteiger partial charge in [-0.2, -0.15) is 0 Å². The Morgan fingerprint density at radius 1 is 1.44 bits per heavy atom. The number of carbonyl (C=O) groups excluding carboxylic acids is 1. The molecule has 1 N–H and O–H groups in total. The minimum Gasteiger partial charge on any atom is -0.364 e. The zero-order valence-electron chi connectivity index (χ0n) is 10.7. The molecule has 1 aliphatic rings. The van der Waals surface area contributed by atoms with E-state index in [4.69, 9.17) is 4.74 Å². The van der Waals surface area contributed by atoms with Gasteiger partial charge in [0.05, 0.1) is 0 Å². The van der Waals surface area contributed by atoms with E-state index in [1.807, 2.05) is 0 Å². The van der Waals surface area contributed by atoms with E-state index < -0.39 is 0 Å². The van der Waals surface area contributed by atoms with Crippen molar-refractivity contribution < 1.29 is 9.53 Å². The lowest BCUT2D eigenvalue weighted by molar-refractivity contribution is -0.127. The van der Waals surface area contributed by atoms with Crippen LogP contribution in [0.15, 0.2) is 0 Å². The van der Waals surface area contributed by atoms with Gasteiger partial charge in [0, 0.05) is 19.6 Å². The van der Waals surface area contributed by atoms with Gasteiger partial charge in [0.2, 0.25) is 5.91 Å². The average molecular weight is 228 g/mol. The van der Waals surface area contributed by atoms with Crippen LogP contribution in [0.25, 0.3) is 0 Å². The second-order valence-electron chi connectivity index (χ2n) is 4.94. The van der Waals surface area contributed by atoms with E-state index in [9.17, 15) is 4.79 Å². The third-order valence-electron chi connectivity index (χ3n) is 2.97. The van der Waals surface area contributed by atoms with E-state index >= 15 is 0 Å². The van der Waals surface area contributed by atoms with Gasteiger partial charge in [0.25, 0.3) is 0 Å². The molecule has 16 heavy (non-hydrogen) atoms. The van der Waals surface area contributed by atoms with Crippen molar-refractivity contribution in [3.63, 3.8) is 0 Å². The summed E-state index contributed by atoms with van der Waals surface area (Å²) in [7, 11) is 1.59. The minimum atomic E-state index is 0.144. The normalized spacial score (nSPS) is 19.0. The van der Waals surface area contributed by atoms with Crippen LogP contribution in [0.5, 0.6) is 0 Å². The number of likely N-dealkylation sites (tertiary alicyclic amines) is 1. The van der Waals surface area contributed by atoms with Gasteiger partial charge >= 0.3 is 0 Å². The predicted octanol–water partition coefficient (Wildman–Crippen LogP) is 1.07. The third-order valence-corrected chi connectivity index (χ3v) is 2.97. The van der Waals surface area contributed by atoms with Crippen molar-refractivity contribution >= 4 is 5.91 Å². The van der Waals surface area contributed by atoms with Gasteiger partial charge in [0.1, 0.15) is 6.73 Å². The fourth-order valence-corrected chi connectivity index (χ4v) is 2.18. The predicted molar refractivity (Wildman–Crippen MR) is 64.0 cm³/mol. The number of ether oxygens (including phenoxy) is 1. The summed E-state index contributed by atoms with van der Waals surface area (Å²) in [6, 6.07) is 0. The summed E-state index contributed by atoms with van der Waals surface area (Å²) < 4.78 is 4.83. The lowest BCUT2D eigenvalue weighted by Crippen LogP contribution is -2.42. The van der Waals surface area contributed by atoms with Crippen LogP contribution in [-0.4, -0.2) is 44.3 Å². The van der Waals surface area contributed by atoms with Crippen molar-refractivity contribution in [2.45, 2.75) is 26.7 Å². The Bertz CT molecular complexity index is 211. The molecule has 1 heterocycles. The molecule has 1 fully saturated rings. The smallest absolute Gasteiger partial charge is 0.224 e. The standard InChI is InChI=1S/C12H24N2O2/c1-10(2)8-14-6-4-11(5-7-14)12(15)13-9-16-3/h10-11H,4-9H2,1-3H3,(H,13,15). The molecular formula is C12H24N2O2. The second kappa shape index (κ2) is 6.86. The maximum absolute atomic E-state index is 11.7. The Labute approximate surface area is 98.3 Å². The molecule has 0 bridgehead atoms. The number of hydrogen-bond acceptors (Lipinski definition) is 3. The van der Waals surface area contributed by atoms with E-state index in [1.165, 1.54) is 0 Å². The van der Waals surface area contributed by atoms with Crippen molar-refractivity contribution in [1.29, 1.82) is 0 Å². The Morgan fingerprint density at radius 2 is 2.06 bits per heavy atom. The fraction of sp³-hybridized carbons (Fsp3) is 0.917. The average Bonchev–Trinajstić information content (AvgIpc) is 2.26. The fourth-order valence-electron chi connectivity index (χ4n) is 2.18. The first-order valence-corrected chi connectivity index (χ1v) is 6.12. The van der Waals surface area contributed by atoms with Gasteiger partial charge in [0.15, 0.2) is 0 Å². The Balaban J connectivity index is 2.23. The molecule has 0 aromatic heterocycles. The number of methoxy groups -OCH3 is 1. The van der Waals surface area contributed by atoms with Gasteiger partial charge in [-0.25, -0.2) is 0 Å². The zero-order chi connectivity index (χ0) is 12.0. The SMILES string of the molecule is COCNC(=O)C1CCN(CC(C)C)CC1. The van der Waals surface area contributed by atoms with Gasteiger partial charge in [-0.15, -0.1) is 0 Å². The summed E-state index contributed by atoms with van der Waals surface area (Å²) >= 11 is 0. The number of nitrogens with zero attached hydrogens (tertiary/aromatic N) is 1. The van der Waals surface area contributed by atoms with Crippen LogP contribution < -0.4 is 5.32 Å². The molecule has 1 aliphatic heterocycles. The van der Waals surface area contributed by atoms with Crippen molar-refractivity contribution in [3.8, 4) is 0 Å². The summed E-state index contributed by atoms with van der Waals surface area (Å²) in [5.41, 5.74) is 0. The highest BCUT2D eigenvalue weighted by Gasteiger charge is 2.24. The van der Waals surface area contributed by atoms with Gasteiger partial charge in [-0.05, 0) is 31.8 Å². The molecule has 0 aliphatic carbocycles. The van der Waals surface area contributed by atoms with Crippen LogP contribution in [0.4, 0.5) is 0 Å². The number of amides is 1. The highest BCUT2D eigenvalue weighted by Crippen LogP contribution is 2.18. The molecule has 0 aromatic carbocycles. The summed E-state index contributed by atoms with van der Waals surface area (Å²) in [4.78, 5) is 14.1. The lowest BCUT2D eigenvalue weighted by atomic mass is 9.95. The van der Waals surface area contributed by atoms with E-state index in [0.717, 1.165) is 32.5 Å². The molecule has 0 spiro atoms. The maximum atomic E-state index is 11.7. The van der Waals surface area contributed by atoms with Crippen LogP contribution in [0.2, 0.25) is 0 Å². The molecular weight excluding hydrogens is 204 g/mol. The molecule has 0 aromatic rings. The van der Waals surface area contributed by atoms with Crippen molar-refractivity contribution in [2.24, 2.45) is 11.8 Å². The molecule has 94 valence electrons. The van der Waals surface area contributed by atoms with Crippen LogP contribution in [0, 0.1) is 11.8 Å². The Morgan fingerprint density at radius 3 is 2.56 bits per heavy atom. The molecule has 4 nitrogen and oxygen atoms in total. The summed E-state index contributed by atoms with van der Waals surface area (Å²) in [6.07, 6.45) is 1.95. The molecule has 0 unspecified atom stereocenters. The number of carbonyl (C=O) groups is 1. The van der Waals surface area contributed by atoms with Gasteiger partial charge < -0.3 is 15.0 Å². The largest absolute Gasteiger partial charge is 0.364 e. The Hall–Kier alpha value is -0.610. The third kappa shape index (κ3) is 4.49. The van der Waals surface area contributed by atoms with Crippen molar-refractivity contribution in [1.82, 2.24) is 10.2 Å². The molecule has 0 atom stereocenters. The number of rotatable bonds is 5. The first-order chi connectivity index (χ1) is 7.63. The highest BCUT2D eigenvalue weighted by molar-refractivity contribution is 5.78. The maximum Gasteiger partial charge on any atom is 0.224 e. The highest BCUT2D eigenvalue weighted by atomic mass is 16.5. The van der Waals surface area contributed by atoms with Gasteiger partial charge in [-0.3, -0.25) is 4.79 Å². The molecule has 1 rings (SSSR count). The Kier molecular flexibility index (Phi) is 5.77. The molecule has 0 saturated carbocycles. The number of piperidine rings is 1. The van der Waals surface area contributed by atoms with Crippen molar-refractivity contribution in [2.75, 3.05) is 33.5 Å². The van der Waals surface area contributed by atoms with Crippen molar-refractivity contribution in [3.05, 3.63) is 0 Å². The van der Waals surface area contributed by atoms with E-state index in [0.29, 0.717) is 12.6 Å². The summed E-state index contributed by atoms with van der Waals surface area (Å²) in [6.45, 7) is 8.03. The van der Waals surface area contributed by atoms with E-state index in [1.54, 1.807) is 7.11 Å². The zero-order valence-corrected chi connectivity index (χ0v) is 10.7. The summed E-state index contributed by atoms with van der Waals surface area (Å²) in [5, 5.41) is 2.78. The van der Waals surface area contributed by atoms with Crippen LogP contribution >= 0.6 is 0 Å². The van der Waals surface area contributed by atoms with E-state index in [-0.39, 0.29) is 11.8 Å². The molecule has 1 saturated heterocycles. The topological polar surface area (TPSA) is 41.6 Å². The summed E-state index contributed by atoms with van der Waals surface area (Å²) in [5.74, 6) is 1.03. The number of hydrogen-bond donors (Lipinski definition) is 1. The monoisotopic (exact) mass is 228 g/mol. The first kappa shape index (κ1) is 13.5. The molecule has 0 radical (unpaired) electrons. The minimum absolute atomic E-state index is 0.144. The van der Waals surface area contributed by atoms with Crippen LogP contribution in [0.1, 0.15) is 26.7 Å². The van der Waals surface area contributed by atoms with Crippen LogP contribution in [-0.2, 0) is 9.53 Å². The van der Waals surface area contributed by atoms with Crippen LogP contribution in [0.3, 0.4) is 0 Å². The van der Waals surface area contributed by atoms with E-state index in [2.05, 4.69) is 24.1 Å². The molecule has 4 heteroatoms. The quantitative estimate of drug-likeness (QED) is 0.716. The first-order valence-electron chi connectivity index (χ1n) is 6.12.